The number of piperazine rings is 1. The number of amides is 1. The lowest BCUT2D eigenvalue weighted by molar-refractivity contribution is -0.140. The first-order valence-electron chi connectivity index (χ1n) is 9.49. The van der Waals surface area contributed by atoms with Gasteiger partial charge < -0.3 is 9.64 Å². The highest BCUT2D eigenvalue weighted by Gasteiger charge is 2.32. The number of sulfonamides is 1. The Morgan fingerprint density at radius 3 is 2.18 bits per heavy atom. The number of rotatable bonds is 6. The molecule has 3 rings (SSSR count). The molecule has 1 atom stereocenters. The predicted molar refractivity (Wildman–Crippen MR) is 108 cm³/mol. The molecule has 1 heterocycles. The summed E-state index contributed by atoms with van der Waals surface area (Å²) in [6, 6.07) is 16.1. The summed E-state index contributed by atoms with van der Waals surface area (Å²) in [5.41, 5.74) is 1.01. The van der Waals surface area contributed by atoms with E-state index in [4.69, 9.17) is 4.74 Å². The van der Waals surface area contributed by atoms with Gasteiger partial charge in [0.2, 0.25) is 10.0 Å². The molecule has 0 radical (unpaired) electrons. The first-order valence-corrected chi connectivity index (χ1v) is 10.9. The van der Waals surface area contributed by atoms with Crippen molar-refractivity contribution in [3.05, 3.63) is 60.2 Å². The lowest BCUT2D eigenvalue weighted by Crippen LogP contribution is -2.53. The number of hydrogen-bond acceptors (Lipinski definition) is 4. The lowest BCUT2D eigenvalue weighted by atomic mass is 10.2. The van der Waals surface area contributed by atoms with E-state index in [1.54, 1.807) is 29.2 Å². The molecule has 0 aliphatic carbocycles. The van der Waals surface area contributed by atoms with Crippen molar-refractivity contribution in [3.63, 3.8) is 0 Å². The van der Waals surface area contributed by atoms with Crippen molar-refractivity contribution < 1.29 is 17.9 Å². The van der Waals surface area contributed by atoms with Gasteiger partial charge in [0.25, 0.3) is 5.91 Å². The lowest BCUT2D eigenvalue weighted by Gasteiger charge is -2.35. The van der Waals surface area contributed by atoms with Crippen molar-refractivity contribution in [2.24, 2.45) is 0 Å². The molecule has 1 aliphatic heterocycles. The number of nitrogens with zero attached hydrogens (tertiary/aromatic N) is 2. The highest BCUT2D eigenvalue weighted by molar-refractivity contribution is 7.89. The first kappa shape index (κ1) is 20.4. The highest BCUT2D eigenvalue weighted by atomic mass is 32.2. The van der Waals surface area contributed by atoms with Gasteiger partial charge in [-0.2, -0.15) is 4.31 Å². The van der Waals surface area contributed by atoms with Gasteiger partial charge in [-0.15, -0.1) is 0 Å². The Morgan fingerprint density at radius 1 is 1.00 bits per heavy atom. The maximum Gasteiger partial charge on any atom is 0.263 e. The van der Waals surface area contributed by atoms with E-state index in [0.717, 1.165) is 5.56 Å². The zero-order chi connectivity index (χ0) is 20.1. The van der Waals surface area contributed by atoms with Crippen LogP contribution in [0.3, 0.4) is 0 Å². The maximum atomic E-state index is 12.8. The summed E-state index contributed by atoms with van der Waals surface area (Å²) in [5, 5.41) is 0. The van der Waals surface area contributed by atoms with Crippen molar-refractivity contribution in [1.29, 1.82) is 0 Å². The topological polar surface area (TPSA) is 66.9 Å². The molecule has 2 aromatic rings. The van der Waals surface area contributed by atoms with Crippen molar-refractivity contribution in [1.82, 2.24) is 9.21 Å². The van der Waals surface area contributed by atoms with E-state index in [9.17, 15) is 13.2 Å². The van der Waals surface area contributed by atoms with Crippen LogP contribution in [0.15, 0.2) is 59.5 Å². The van der Waals surface area contributed by atoms with Crippen LogP contribution in [0, 0.1) is 6.92 Å². The van der Waals surface area contributed by atoms with Crippen LogP contribution >= 0.6 is 0 Å². The molecule has 1 fully saturated rings. The number of ether oxygens (including phenoxy) is 1. The zero-order valence-electron chi connectivity index (χ0n) is 16.2. The molecule has 2 aromatic carbocycles. The molecule has 0 saturated carbocycles. The number of para-hydroxylation sites is 1. The van der Waals surface area contributed by atoms with E-state index in [-0.39, 0.29) is 23.9 Å². The fraction of sp³-hybridized carbons (Fsp3) is 0.381. The van der Waals surface area contributed by atoms with Gasteiger partial charge in [0.1, 0.15) is 5.75 Å². The van der Waals surface area contributed by atoms with E-state index in [1.165, 1.54) is 4.31 Å². The number of carbonyl (C=O) groups is 1. The Labute approximate surface area is 166 Å². The number of hydrogen-bond donors (Lipinski definition) is 0. The molecule has 150 valence electrons. The third kappa shape index (κ3) is 4.54. The van der Waals surface area contributed by atoms with E-state index in [2.05, 4.69) is 0 Å². The second-order valence-corrected chi connectivity index (χ2v) is 8.81. The monoisotopic (exact) mass is 402 g/mol. The second-order valence-electron chi connectivity index (χ2n) is 6.87. The Kier molecular flexibility index (Phi) is 6.36. The zero-order valence-corrected chi connectivity index (χ0v) is 17.1. The SMILES string of the molecule is CC[C@@H](Oc1ccccc1)C(=O)N1CCN(S(=O)(=O)c2ccc(C)cc2)CC1. The van der Waals surface area contributed by atoms with Crippen molar-refractivity contribution in [2.45, 2.75) is 31.3 Å². The van der Waals surface area contributed by atoms with Crippen molar-refractivity contribution in [2.75, 3.05) is 26.2 Å². The smallest absolute Gasteiger partial charge is 0.263 e. The van der Waals surface area contributed by atoms with Gasteiger partial charge in [-0.3, -0.25) is 4.79 Å². The maximum absolute atomic E-state index is 12.8. The van der Waals surface area contributed by atoms with Crippen molar-refractivity contribution in [3.8, 4) is 5.75 Å². The summed E-state index contributed by atoms with van der Waals surface area (Å²) in [6.07, 6.45) is -0.0158. The molecular weight excluding hydrogens is 376 g/mol. The van der Waals surface area contributed by atoms with Gasteiger partial charge in [-0.05, 0) is 37.6 Å². The van der Waals surface area contributed by atoms with E-state index >= 15 is 0 Å². The summed E-state index contributed by atoms with van der Waals surface area (Å²) >= 11 is 0. The molecule has 0 aromatic heterocycles. The summed E-state index contributed by atoms with van der Waals surface area (Å²) in [5.74, 6) is 0.557. The molecular formula is C21H26N2O4S. The average molecular weight is 403 g/mol. The van der Waals surface area contributed by atoms with Gasteiger partial charge in [0.05, 0.1) is 4.90 Å². The Morgan fingerprint density at radius 2 is 1.61 bits per heavy atom. The van der Waals surface area contributed by atoms with Crippen LogP contribution in [0.2, 0.25) is 0 Å². The van der Waals surface area contributed by atoms with Gasteiger partial charge in [0, 0.05) is 26.2 Å². The van der Waals surface area contributed by atoms with Crippen LogP contribution < -0.4 is 4.74 Å². The Bertz CT molecular complexity index is 890. The fourth-order valence-electron chi connectivity index (χ4n) is 3.18. The van der Waals surface area contributed by atoms with Crippen LogP contribution in [0.4, 0.5) is 0 Å². The molecule has 6 nitrogen and oxygen atoms in total. The molecule has 1 aliphatic rings. The van der Waals surface area contributed by atoms with Gasteiger partial charge in [-0.25, -0.2) is 8.42 Å². The summed E-state index contributed by atoms with van der Waals surface area (Å²) in [6.45, 7) is 5.11. The van der Waals surface area contributed by atoms with E-state index in [1.807, 2.05) is 44.2 Å². The largest absolute Gasteiger partial charge is 0.481 e. The minimum atomic E-state index is -3.54. The molecule has 0 N–H and O–H groups in total. The van der Waals surface area contributed by atoms with E-state index in [0.29, 0.717) is 25.3 Å². The van der Waals surface area contributed by atoms with Crippen LogP contribution in [0.5, 0.6) is 5.75 Å². The number of benzene rings is 2. The van der Waals surface area contributed by atoms with Gasteiger partial charge >= 0.3 is 0 Å². The molecule has 0 bridgehead atoms. The number of aryl methyl sites for hydroxylation is 1. The van der Waals surface area contributed by atoms with Crippen molar-refractivity contribution >= 4 is 15.9 Å². The number of carbonyl (C=O) groups excluding carboxylic acids is 1. The normalized spacial score (nSPS) is 16.6. The predicted octanol–water partition coefficient (Wildman–Crippen LogP) is 2.69. The van der Waals surface area contributed by atoms with Crippen LogP contribution in [0.1, 0.15) is 18.9 Å². The summed E-state index contributed by atoms with van der Waals surface area (Å²) in [4.78, 5) is 14.8. The first-order chi connectivity index (χ1) is 13.4. The quantitative estimate of drug-likeness (QED) is 0.745. The second kappa shape index (κ2) is 8.75. The molecule has 1 amide bonds. The molecule has 0 spiro atoms. The molecule has 7 heteroatoms. The van der Waals surface area contributed by atoms with Crippen LogP contribution in [-0.4, -0.2) is 55.8 Å². The standard InChI is InChI=1S/C21H26N2O4S/c1-3-20(27-18-7-5-4-6-8-18)21(24)22-13-15-23(16-14-22)28(25,26)19-11-9-17(2)10-12-19/h4-12,20H,3,13-16H2,1-2H3/t20-/m1/s1. The van der Waals surface area contributed by atoms with Gasteiger partial charge in [0.15, 0.2) is 6.10 Å². The van der Waals surface area contributed by atoms with E-state index < -0.39 is 16.1 Å². The minimum absolute atomic E-state index is 0.0984. The summed E-state index contributed by atoms with van der Waals surface area (Å²) < 4.78 is 32.9. The third-order valence-electron chi connectivity index (χ3n) is 4.88. The Hall–Kier alpha value is -2.38. The average Bonchev–Trinajstić information content (AvgIpc) is 2.72. The Balaban J connectivity index is 1.62. The highest BCUT2D eigenvalue weighted by Crippen LogP contribution is 2.20. The van der Waals surface area contributed by atoms with Crippen LogP contribution in [0.25, 0.3) is 0 Å². The minimum Gasteiger partial charge on any atom is -0.481 e. The fourth-order valence-corrected chi connectivity index (χ4v) is 4.61. The summed E-state index contributed by atoms with van der Waals surface area (Å²) in [7, 11) is -3.54. The third-order valence-corrected chi connectivity index (χ3v) is 6.79. The molecule has 28 heavy (non-hydrogen) atoms. The van der Waals surface area contributed by atoms with Crippen LogP contribution in [-0.2, 0) is 14.8 Å². The molecule has 1 saturated heterocycles. The van der Waals surface area contributed by atoms with Gasteiger partial charge in [-0.1, -0.05) is 42.8 Å². The molecule has 0 unspecified atom stereocenters.